The summed E-state index contributed by atoms with van der Waals surface area (Å²) >= 11 is 0. The first kappa shape index (κ1) is 8.93. The minimum absolute atomic E-state index is 0.120. The fraction of sp³-hybridized carbons (Fsp3) is 0.444. The van der Waals surface area contributed by atoms with Crippen molar-refractivity contribution in [3.05, 3.63) is 27.9 Å². The molecule has 2 N–H and O–H groups in total. The lowest BCUT2D eigenvalue weighted by Crippen LogP contribution is -2.22. The Morgan fingerprint density at radius 1 is 1.57 bits per heavy atom. The van der Waals surface area contributed by atoms with E-state index in [1.165, 1.54) is 0 Å². The zero-order chi connectivity index (χ0) is 10.1. The first-order chi connectivity index (χ1) is 6.68. The van der Waals surface area contributed by atoms with Crippen molar-refractivity contribution < 1.29 is 9.90 Å². The predicted octanol–water partition coefficient (Wildman–Crippen LogP) is 0.736. The second-order valence-electron chi connectivity index (χ2n) is 3.45. The Hall–Kier alpha value is -1.65. The van der Waals surface area contributed by atoms with Crippen LogP contribution in [0.5, 0.6) is 0 Å². The molecule has 2 rings (SSSR count). The van der Waals surface area contributed by atoms with Gasteiger partial charge in [-0.1, -0.05) is 6.42 Å². The average Bonchev–Trinajstić information content (AvgIpc) is 2.00. The van der Waals surface area contributed by atoms with Crippen LogP contribution in [-0.4, -0.2) is 21.0 Å². The molecule has 0 saturated heterocycles. The lowest BCUT2D eigenvalue weighted by molar-refractivity contribution is 0.0693. The molecule has 0 spiro atoms. The van der Waals surface area contributed by atoms with Crippen LogP contribution in [-0.2, 0) is 0 Å². The first-order valence-electron chi connectivity index (χ1n) is 4.51. The molecule has 1 aliphatic rings. The molecule has 14 heavy (non-hydrogen) atoms. The largest absolute Gasteiger partial charge is 0.478 e. The normalized spacial score (nSPS) is 16.3. The molecule has 1 heterocycles. The summed E-state index contributed by atoms with van der Waals surface area (Å²) in [6.45, 7) is 0. The van der Waals surface area contributed by atoms with E-state index in [1.54, 1.807) is 0 Å². The molecule has 1 aromatic heterocycles. The number of nitrogens with zero attached hydrogens (tertiary/aromatic N) is 1. The molecule has 0 aromatic carbocycles. The third-order valence-corrected chi connectivity index (χ3v) is 2.59. The van der Waals surface area contributed by atoms with Crippen molar-refractivity contribution in [1.82, 2.24) is 9.97 Å². The molecule has 1 fully saturated rings. The summed E-state index contributed by atoms with van der Waals surface area (Å²) in [5.41, 5.74) is 0.176. The third kappa shape index (κ3) is 1.41. The Labute approximate surface area is 79.8 Å². The van der Waals surface area contributed by atoms with Crippen molar-refractivity contribution in [2.45, 2.75) is 25.2 Å². The number of aromatic nitrogens is 2. The number of aromatic carboxylic acids is 1. The number of rotatable bonds is 2. The number of H-pyrrole nitrogens is 1. The number of carboxylic acid groups (broad SMARTS) is 1. The quantitative estimate of drug-likeness (QED) is 0.727. The summed E-state index contributed by atoms with van der Waals surface area (Å²) in [6.07, 6.45) is 4.11. The molecule has 74 valence electrons. The van der Waals surface area contributed by atoms with Gasteiger partial charge < -0.3 is 10.1 Å². The molecule has 5 heteroatoms. The molecule has 0 amide bonds. The van der Waals surface area contributed by atoms with Gasteiger partial charge in [-0.15, -0.1) is 0 Å². The second-order valence-corrected chi connectivity index (χ2v) is 3.45. The Bertz CT molecular complexity index is 420. The van der Waals surface area contributed by atoms with Crippen LogP contribution in [0.1, 0.15) is 41.2 Å². The van der Waals surface area contributed by atoms with E-state index in [9.17, 15) is 9.59 Å². The van der Waals surface area contributed by atoms with E-state index < -0.39 is 11.7 Å². The van der Waals surface area contributed by atoms with Gasteiger partial charge in [0.25, 0.3) is 0 Å². The standard InChI is InChI=1S/C9H10N2O3/c12-8(13)6-4-10-9(14)11-7(6)5-2-1-3-5/h4-5H,1-3H2,(H,12,13)(H,10,11,14). The average molecular weight is 194 g/mol. The minimum atomic E-state index is -1.03. The molecule has 0 unspecified atom stereocenters. The van der Waals surface area contributed by atoms with Gasteiger partial charge in [-0.05, 0) is 12.8 Å². The zero-order valence-corrected chi connectivity index (χ0v) is 7.49. The number of nitrogens with one attached hydrogen (secondary N) is 1. The van der Waals surface area contributed by atoms with Crippen LogP contribution in [0.25, 0.3) is 0 Å². The molecule has 0 radical (unpaired) electrons. The molecule has 1 aliphatic carbocycles. The van der Waals surface area contributed by atoms with Crippen LogP contribution in [0.2, 0.25) is 0 Å². The van der Waals surface area contributed by atoms with Gasteiger partial charge in [-0.25, -0.2) is 14.6 Å². The number of carboxylic acids is 1. The van der Waals surface area contributed by atoms with E-state index >= 15 is 0 Å². The van der Waals surface area contributed by atoms with Gasteiger partial charge >= 0.3 is 11.7 Å². The van der Waals surface area contributed by atoms with E-state index in [4.69, 9.17) is 5.11 Å². The molecular weight excluding hydrogens is 184 g/mol. The molecule has 0 aliphatic heterocycles. The number of hydrogen-bond acceptors (Lipinski definition) is 3. The Balaban J connectivity index is 2.47. The predicted molar refractivity (Wildman–Crippen MR) is 48.4 cm³/mol. The van der Waals surface area contributed by atoms with Crippen LogP contribution >= 0.6 is 0 Å². The van der Waals surface area contributed by atoms with Crippen molar-refractivity contribution >= 4 is 5.97 Å². The van der Waals surface area contributed by atoms with E-state index in [0.29, 0.717) is 5.69 Å². The zero-order valence-electron chi connectivity index (χ0n) is 7.49. The number of carbonyl (C=O) groups is 1. The minimum Gasteiger partial charge on any atom is -0.478 e. The molecule has 0 bridgehead atoms. The first-order valence-corrected chi connectivity index (χ1v) is 4.51. The maximum atomic E-state index is 10.9. The highest BCUT2D eigenvalue weighted by atomic mass is 16.4. The fourth-order valence-electron chi connectivity index (χ4n) is 1.60. The molecule has 5 nitrogen and oxygen atoms in total. The van der Waals surface area contributed by atoms with Gasteiger partial charge in [-0.2, -0.15) is 0 Å². The van der Waals surface area contributed by atoms with Gasteiger partial charge in [0.15, 0.2) is 0 Å². The van der Waals surface area contributed by atoms with Crippen molar-refractivity contribution in [3.63, 3.8) is 0 Å². The highest BCUT2D eigenvalue weighted by Gasteiger charge is 2.25. The highest BCUT2D eigenvalue weighted by molar-refractivity contribution is 5.88. The summed E-state index contributed by atoms with van der Waals surface area (Å²) in [6, 6.07) is 0. The van der Waals surface area contributed by atoms with Crippen molar-refractivity contribution in [1.29, 1.82) is 0 Å². The van der Waals surface area contributed by atoms with Crippen LogP contribution in [0.4, 0.5) is 0 Å². The molecule has 1 saturated carbocycles. The summed E-state index contributed by atoms with van der Waals surface area (Å²) < 4.78 is 0. The van der Waals surface area contributed by atoms with Crippen molar-refractivity contribution in [3.8, 4) is 0 Å². The number of aromatic amines is 1. The maximum absolute atomic E-state index is 10.9. The Morgan fingerprint density at radius 2 is 2.29 bits per heavy atom. The lowest BCUT2D eigenvalue weighted by Gasteiger charge is -2.25. The lowest BCUT2D eigenvalue weighted by atomic mass is 9.81. The number of hydrogen-bond donors (Lipinski definition) is 2. The summed E-state index contributed by atoms with van der Waals surface area (Å²) in [7, 11) is 0. The molecule has 1 aromatic rings. The topological polar surface area (TPSA) is 83.0 Å². The monoisotopic (exact) mass is 194 g/mol. The Kier molecular flexibility index (Phi) is 2.07. The smallest absolute Gasteiger partial charge is 0.345 e. The highest BCUT2D eigenvalue weighted by Crippen LogP contribution is 2.36. The van der Waals surface area contributed by atoms with Gasteiger partial charge in [-0.3, -0.25) is 0 Å². The summed E-state index contributed by atoms with van der Waals surface area (Å²) in [4.78, 5) is 27.7. The SMILES string of the molecule is O=C(O)c1cnc(=O)[nH]c1C1CCC1. The van der Waals surface area contributed by atoms with Crippen LogP contribution in [0, 0.1) is 0 Å². The second kappa shape index (κ2) is 3.25. The fourth-order valence-corrected chi connectivity index (χ4v) is 1.60. The third-order valence-electron chi connectivity index (χ3n) is 2.59. The molecule has 0 atom stereocenters. The summed E-state index contributed by atoms with van der Waals surface area (Å²) in [5, 5.41) is 8.86. The van der Waals surface area contributed by atoms with Crippen LogP contribution in [0.15, 0.2) is 11.0 Å². The molecular formula is C9H10N2O3. The van der Waals surface area contributed by atoms with E-state index in [-0.39, 0.29) is 11.5 Å². The Morgan fingerprint density at radius 3 is 2.79 bits per heavy atom. The van der Waals surface area contributed by atoms with Crippen LogP contribution < -0.4 is 5.69 Å². The maximum Gasteiger partial charge on any atom is 0.345 e. The van der Waals surface area contributed by atoms with Gasteiger partial charge in [0.05, 0.1) is 5.56 Å². The van der Waals surface area contributed by atoms with Gasteiger partial charge in [0, 0.05) is 17.8 Å². The summed E-state index contributed by atoms with van der Waals surface area (Å²) in [5.74, 6) is -0.840. The van der Waals surface area contributed by atoms with E-state index in [2.05, 4.69) is 9.97 Å². The van der Waals surface area contributed by atoms with Crippen molar-refractivity contribution in [2.24, 2.45) is 0 Å². The van der Waals surface area contributed by atoms with Gasteiger partial charge in [0.2, 0.25) is 0 Å². The van der Waals surface area contributed by atoms with E-state index in [0.717, 1.165) is 25.5 Å². The van der Waals surface area contributed by atoms with Gasteiger partial charge in [0.1, 0.15) is 0 Å². The van der Waals surface area contributed by atoms with Crippen molar-refractivity contribution in [2.75, 3.05) is 0 Å². The van der Waals surface area contributed by atoms with Crippen LogP contribution in [0.3, 0.4) is 0 Å². The van der Waals surface area contributed by atoms with E-state index in [1.807, 2.05) is 0 Å².